The maximum atomic E-state index is 13.8. The Morgan fingerprint density at radius 3 is 2.22 bits per heavy atom. The van der Waals surface area contributed by atoms with Gasteiger partial charge in [0.1, 0.15) is 10.9 Å². The van der Waals surface area contributed by atoms with Gasteiger partial charge < -0.3 is 10.2 Å². The summed E-state index contributed by atoms with van der Waals surface area (Å²) < 4.78 is 26.8. The van der Waals surface area contributed by atoms with Crippen LogP contribution in [0.15, 0.2) is 83.8 Å². The Hall–Kier alpha value is -3.98. The zero-order valence-corrected chi connectivity index (χ0v) is 24.6. The first kappa shape index (κ1) is 30.0. The van der Waals surface area contributed by atoms with E-state index in [4.69, 9.17) is 0 Å². The van der Waals surface area contributed by atoms with Crippen molar-refractivity contribution in [2.45, 2.75) is 57.5 Å². The molecule has 3 amide bonds. The molecule has 41 heavy (non-hydrogen) atoms. The number of carbonyl (C=O) groups excluding carboxylic acids is 3. The van der Waals surface area contributed by atoms with Gasteiger partial charge in [-0.3, -0.25) is 14.4 Å². The highest BCUT2D eigenvalue weighted by molar-refractivity contribution is 7.90. The first-order valence-electron chi connectivity index (χ1n) is 13.9. The quantitative estimate of drug-likeness (QED) is 0.346. The molecule has 0 aromatic heterocycles. The zero-order valence-electron chi connectivity index (χ0n) is 23.7. The smallest absolute Gasteiger partial charge is 0.269 e. The molecule has 0 saturated heterocycles. The van der Waals surface area contributed by atoms with E-state index in [0.29, 0.717) is 13.0 Å². The van der Waals surface area contributed by atoms with Crippen LogP contribution in [0, 0.1) is 12.8 Å². The Balaban J connectivity index is 1.56. The molecule has 0 bridgehead atoms. The van der Waals surface area contributed by atoms with E-state index < -0.39 is 22.0 Å². The van der Waals surface area contributed by atoms with Crippen molar-refractivity contribution >= 4 is 27.7 Å². The van der Waals surface area contributed by atoms with Crippen molar-refractivity contribution in [3.8, 4) is 0 Å². The van der Waals surface area contributed by atoms with Crippen LogP contribution < -0.4 is 5.32 Å². The van der Waals surface area contributed by atoms with E-state index in [1.165, 1.54) is 12.1 Å². The Labute approximate surface area is 242 Å². The SMILES string of the molecule is Cc1ccc(CN(C(=O)CCCN2C(=O)c3ccccc3S2(=O)=O)[C@@H](Cc2ccccc2)C(=O)NCC(C)C)cc1. The third kappa shape index (κ3) is 7.21. The third-order valence-corrected chi connectivity index (χ3v) is 8.93. The Bertz CT molecular complexity index is 1490. The van der Waals surface area contributed by atoms with Crippen LogP contribution in [0.5, 0.6) is 0 Å². The summed E-state index contributed by atoms with van der Waals surface area (Å²) in [6, 6.07) is 22.7. The minimum atomic E-state index is -3.96. The summed E-state index contributed by atoms with van der Waals surface area (Å²) in [5, 5.41) is 3.00. The summed E-state index contributed by atoms with van der Waals surface area (Å²) in [6.07, 6.45) is 0.439. The summed E-state index contributed by atoms with van der Waals surface area (Å²) >= 11 is 0. The molecule has 0 saturated carbocycles. The highest BCUT2D eigenvalue weighted by Gasteiger charge is 2.40. The molecule has 0 radical (unpaired) electrons. The lowest BCUT2D eigenvalue weighted by molar-refractivity contribution is -0.141. The standard InChI is InChI=1S/C32H37N3O5S/c1-23(2)21-33-31(37)28(20-25-10-5-4-6-11-25)34(22-26-17-15-24(3)16-18-26)30(36)14-9-19-35-32(38)27-12-7-8-13-29(27)41(35,39)40/h4-8,10-13,15-18,23,28H,9,14,19-22H2,1-3H3,(H,33,37)/t28-/m0/s1. The maximum Gasteiger partial charge on any atom is 0.269 e. The molecule has 1 aliphatic rings. The molecule has 0 unspecified atom stereocenters. The topological polar surface area (TPSA) is 104 Å². The van der Waals surface area contributed by atoms with Gasteiger partial charge in [0.2, 0.25) is 11.8 Å². The largest absolute Gasteiger partial charge is 0.354 e. The molecule has 8 nitrogen and oxygen atoms in total. The van der Waals surface area contributed by atoms with Crippen LogP contribution in [0.25, 0.3) is 0 Å². The van der Waals surface area contributed by atoms with Crippen LogP contribution in [0.4, 0.5) is 0 Å². The Morgan fingerprint density at radius 1 is 0.902 bits per heavy atom. The number of fused-ring (bicyclic) bond motifs is 1. The Kier molecular flexibility index (Phi) is 9.60. The number of benzene rings is 3. The van der Waals surface area contributed by atoms with Crippen molar-refractivity contribution in [2.75, 3.05) is 13.1 Å². The average Bonchev–Trinajstić information content (AvgIpc) is 3.15. The van der Waals surface area contributed by atoms with Crippen molar-refractivity contribution in [3.63, 3.8) is 0 Å². The van der Waals surface area contributed by atoms with Gasteiger partial charge in [-0.25, -0.2) is 12.7 Å². The second-order valence-electron chi connectivity index (χ2n) is 10.8. The fourth-order valence-electron chi connectivity index (χ4n) is 4.84. The van der Waals surface area contributed by atoms with Crippen molar-refractivity contribution in [3.05, 3.63) is 101 Å². The molecule has 1 aliphatic heterocycles. The predicted octanol–water partition coefficient (Wildman–Crippen LogP) is 4.33. The lowest BCUT2D eigenvalue weighted by Gasteiger charge is -2.32. The number of rotatable bonds is 12. The molecule has 3 aromatic carbocycles. The summed E-state index contributed by atoms with van der Waals surface area (Å²) in [6.45, 7) is 6.57. The minimum absolute atomic E-state index is 0.0120. The molecule has 0 aliphatic carbocycles. The molecule has 1 heterocycles. The van der Waals surface area contributed by atoms with E-state index in [9.17, 15) is 22.8 Å². The number of nitrogens with zero attached hydrogens (tertiary/aromatic N) is 2. The van der Waals surface area contributed by atoms with Gasteiger partial charge in [-0.1, -0.05) is 86.1 Å². The second-order valence-corrected chi connectivity index (χ2v) is 12.7. The van der Waals surface area contributed by atoms with Gasteiger partial charge in [-0.2, -0.15) is 0 Å². The van der Waals surface area contributed by atoms with E-state index in [0.717, 1.165) is 21.0 Å². The highest BCUT2D eigenvalue weighted by Crippen LogP contribution is 2.30. The van der Waals surface area contributed by atoms with Crippen LogP contribution in [0.2, 0.25) is 0 Å². The van der Waals surface area contributed by atoms with E-state index in [1.54, 1.807) is 17.0 Å². The first-order valence-corrected chi connectivity index (χ1v) is 15.3. The minimum Gasteiger partial charge on any atom is -0.354 e. The number of aryl methyl sites for hydroxylation is 1. The summed E-state index contributed by atoms with van der Waals surface area (Å²) in [5.41, 5.74) is 3.03. The molecule has 0 spiro atoms. The third-order valence-electron chi connectivity index (χ3n) is 7.09. The molecular formula is C32H37N3O5S. The van der Waals surface area contributed by atoms with Gasteiger partial charge in [-0.05, 0) is 42.5 Å². The van der Waals surface area contributed by atoms with Crippen molar-refractivity contribution < 1.29 is 22.8 Å². The van der Waals surface area contributed by atoms with Gasteiger partial charge >= 0.3 is 0 Å². The van der Waals surface area contributed by atoms with Crippen LogP contribution in [-0.4, -0.2) is 54.5 Å². The van der Waals surface area contributed by atoms with Gasteiger partial charge in [-0.15, -0.1) is 0 Å². The predicted molar refractivity (Wildman–Crippen MR) is 157 cm³/mol. The molecular weight excluding hydrogens is 538 g/mol. The second kappa shape index (κ2) is 13.1. The summed E-state index contributed by atoms with van der Waals surface area (Å²) in [7, 11) is -3.96. The molecule has 0 fully saturated rings. The van der Waals surface area contributed by atoms with Crippen molar-refractivity contribution in [2.24, 2.45) is 5.92 Å². The molecule has 1 atom stereocenters. The number of carbonyl (C=O) groups is 3. The van der Waals surface area contributed by atoms with Crippen LogP contribution in [-0.2, 0) is 32.6 Å². The fourth-order valence-corrected chi connectivity index (χ4v) is 6.44. The lowest BCUT2D eigenvalue weighted by Crippen LogP contribution is -2.51. The number of sulfonamides is 1. The fraction of sp³-hybridized carbons (Fsp3) is 0.344. The average molecular weight is 576 g/mol. The first-order chi connectivity index (χ1) is 19.6. The van der Waals surface area contributed by atoms with E-state index in [1.807, 2.05) is 75.4 Å². The van der Waals surface area contributed by atoms with Crippen LogP contribution in [0.1, 0.15) is 53.7 Å². The van der Waals surface area contributed by atoms with E-state index in [2.05, 4.69) is 5.32 Å². The summed E-state index contributed by atoms with van der Waals surface area (Å²) in [4.78, 5) is 41.7. The van der Waals surface area contributed by atoms with Gasteiger partial charge in [0.25, 0.3) is 15.9 Å². The van der Waals surface area contributed by atoms with Gasteiger partial charge in [0.05, 0.1) is 5.56 Å². The summed E-state index contributed by atoms with van der Waals surface area (Å²) in [5.74, 6) is -0.871. The van der Waals surface area contributed by atoms with Gasteiger partial charge in [0, 0.05) is 32.5 Å². The van der Waals surface area contributed by atoms with Crippen LogP contribution >= 0.6 is 0 Å². The monoisotopic (exact) mass is 575 g/mol. The molecule has 3 aromatic rings. The maximum absolute atomic E-state index is 13.8. The van der Waals surface area contributed by atoms with E-state index >= 15 is 0 Å². The number of hydrogen-bond donors (Lipinski definition) is 1. The van der Waals surface area contributed by atoms with Gasteiger partial charge in [0.15, 0.2) is 0 Å². The van der Waals surface area contributed by atoms with Crippen molar-refractivity contribution in [1.29, 1.82) is 0 Å². The molecule has 216 valence electrons. The normalized spacial score (nSPS) is 14.5. The number of amides is 3. The molecule has 4 rings (SSSR count). The Morgan fingerprint density at radius 2 is 1.56 bits per heavy atom. The van der Waals surface area contributed by atoms with E-state index in [-0.39, 0.29) is 54.1 Å². The lowest BCUT2D eigenvalue weighted by atomic mass is 10.0. The highest BCUT2D eigenvalue weighted by atomic mass is 32.2. The molecule has 9 heteroatoms. The number of nitrogens with one attached hydrogen (secondary N) is 1. The van der Waals surface area contributed by atoms with Crippen LogP contribution in [0.3, 0.4) is 0 Å². The van der Waals surface area contributed by atoms with Crippen molar-refractivity contribution in [1.82, 2.24) is 14.5 Å². The zero-order chi connectivity index (χ0) is 29.6. The number of hydrogen-bond acceptors (Lipinski definition) is 5. The molecule has 1 N–H and O–H groups in total.